The molecule has 28 heavy (non-hydrogen) atoms. The zero-order chi connectivity index (χ0) is 19.9. The van der Waals surface area contributed by atoms with Crippen LogP contribution in [0, 0.1) is 0 Å². The van der Waals surface area contributed by atoms with Gasteiger partial charge < -0.3 is 14.6 Å². The summed E-state index contributed by atoms with van der Waals surface area (Å²) < 4.78 is 5.48. The summed E-state index contributed by atoms with van der Waals surface area (Å²) in [5.74, 6) is 0.0384. The number of imide groups is 1. The lowest BCUT2D eigenvalue weighted by atomic mass is 10.2. The zero-order valence-corrected chi connectivity index (χ0v) is 16.4. The van der Waals surface area contributed by atoms with Crippen LogP contribution >= 0.6 is 23.4 Å². The lowest BCUT2D eigenvalue weighted by molar-refractivity contribution is -0.121. The van der Waals surface area contributed by atoms with Gasteiger partial charge in [0, 0.05) is 37.5 Å². The summed E-state index contributed by atoms with van der Waals surface area (Å²) in [4.78, 5) is 36.3. The van der Waals surface area contributed by atoms with Gasteiger partial charge in [0.15, 0.2) is 0 Å². The quantitative estimate of drug-likeness (QED) is 0.619. The Morgan fingerprint density at radius 3 is 2.93 bits per heavy atom. The summed E-state index contributed by atoms with van der Waals surface area (Å²) in [6, 6.07) is 6.88. The number of benzene rings is 1. The fourth-order valence-corrected chi connectivity index (χ4v) is 3.27. The fourth-order valence-electron chi connectivity index (χ4n) is 2.45. The number of thioether (sulfide) groups is 1. The number of nitrogens with one attached hydrogen (secondary N) is 2. The third-order valence-corrected chi connectivity index (χ3v) is 5.13. The molecule has 0 unspecified atom stereocenters. The number of carbonyl (C=O) groups excluding carboxylic acids is 3. The van der Waals surface area contributed by atoms with Crippen LogP contribution in [0.25, 0.3) is 0 Å². The van der Waals surface area contributed by atoms with E-state index in [1.165, 1.54) is 4.90 Å². The molecule has 2 heterocycles. The Bertz CT molecular complexity index is 875. The first kappa shape index (κ1) is 20.2. The number of urea groups is 1. The van der Waals surface area contributed by atoms with Gasteiger partial charge in [0.1, 0.15) is 0 Å². The van der Waals surface area contributed by atoms with Gasteiger partial charge in [-0.25, -0.2) is 4.79 Å². The van der Waals surface area contributed by atoms with E-state index in [2.05, 4.69) is 20.8 Å². The van der Waals surface area contributed by atoms with E-state index in [1.54, 1.807) is 6.07 Å². The monoisotopic (exact) mass is 423 g/mol. The van der Waals surface area contributed by atoms with Crippen molar-refractivity contribution in [3.05, 3.63) is 40.7 Å². The fraction of sp³-hybridized carbons (Fsp3) is 0.353. The Hall–Kier alpha value is -2.59. The van der Waals surface area contributed by atoms with Crippen LogP contribution in [0.3, 0.4) is 0 Å². The molecular formula is C17H18ClN5O4S. The molecule has 1 aliphatic heterocycles. The van der Waals surface area contributed by atoms with Crippen LogP contribution in [0.15, 0.2) is 33.9 Å². The molecule has 0 atom stereocenters. The van der Waals surface area contributed by atoms with Gasteiger partial charge in [0.05, 0.1) is 5.75 Å². The second kappa shape index (κ2) is 9.56. The van der Waals surface area contributed by atoms with E-state index >= 15 is 0 Å². The molecule has 1 fully saturated rings. The standard InChI is InChI=1S/C17H18ClN5O4S/c18-12-4-2-1-3-11(12)9-19-14(25)10-28-17-22-21-15(27-17)6-8-23-7-5-13(24)20-16(23)26/h1-4H,5-10H2,(H,19,25)(H,20,24,26). The Kier molecular flexibility index (Phi) is 6.88. The molecule has 0 spiro atoms. The van der Waals surface area contributed by atoms with Crippen LogP contribution in [-0.2, 0) is 22.6 Å². The first-order valence-electron chi connectivity index (χ1n) is 8.55. The number of aromatic nitrogens is 2. The smallest absolute Gasteiger partial charge is 0.324 e. The molecule has 11 heteroatoms. The maximum Gasteiger partial charge on any atom is 0.324 e. The maximum atomic E-state index is 12.0. The van der Waals surface area contributed by atoms with E-state index in [-0.39, 0.29) is 29.2 Å². The lowest BCUT2D eigenvalue weighted by Crippen LogP contribution is -2.49. The van der Waals surface area contributed by atoms with Gasteiger partial charge in [-0.05, 0) is 11.6 Å². The number of halogens is 1. The minimum Gasteiger partial charge on any atom is -0.416 e. The van der Waals surface area contributed by atoms with Gasteiger partial charge in [-0.1, -0.05) is 41.6 Å². The van der Waals surface area contributed by atoms with Gasteiger partial charge in [0.25, 0.3) is 5.22 Å². The van der Waals surface area contributed by atoms with Crippen LogP contribution in [-0.4, -0.2) is 51.8 Å². The van der Waals surface area contributed by atoms with Crippen LogP contribution in [0.2, 0.25) is 5.02 Å². The van der Waals surface area contributed by atoms with Gasteiger partial charge in [-0.3, -0.25) is 14.9 Å². The topological polar surface area (TPSA) is 117 Å². The third kappa shape index (κ3) is 5.70. The molecule has 0 radical (unpaired) electrons. The zero-order valence-electron chi connectivity index (χ0n) is 14.8. The summed E-state index contributed by atoms with van der Waals surface area (Å²) in [5.41, 5.74) is 0.839. The molecule has 1 aromatic heterocycles. The molecular weight excluding hydrogens is 406 g/mol. The summed E-state index contributed by atoms with van der Waals surface area (Å²) >= 11 is 7.18. The van der Waals surface area contributed by atoms with E-state index in [4.69, 9.17) is 16.0 Å². The minimum absolute atomic E-state index is 0.128. The summed E-state index contributed by atoms with van der Waals surface area (Å²) in [5, 5.41) is 13.7. The number of hydrogen-bond donors (Lipinski definition) is 2. The molecule has 1 aromatic carbocycles. The predicted molar refractivity (Wildman–Crippen MR) is 102 cm³/mol. The van der Waals surface area contributed by atoms with Crippen molar-refractivity contribution in [2.45, 2.75) is 24.6 Å². The highest BCUT2D eigenvalue weighted by atomic mass is 35.5. The summed E-state index contributed by atoms with van der Waals surface area (Å²) in [6.45, 7) is 1.07. The van der Waals surface area contributed by atoms with Crippen molar-refractivity contribution in [3.8, 4) is 0 Å². The van der Waals surface area contributed by atoms with E-state index in [1.807, 2.05) is 18.2 Å². The highest BCUT2D eigenvalue weighted by Crippen LogP contribution is 2.17. The van der Waals surface area contributed by atoms with Crippen LogP contribution in [0.1, 0.15) is 17.9 Å². The van der Waals surface area contributed by atoms with Gasteiger partial charge in [0.2, 0.25) is 17.7 Å². The van der Waals surface area contributed by atoms with E-state index in [9.17, 15) is 14.4 Å². The Morgan fingerprint density at radius 2 is 2.14 bits per heavy atom. The molecule has 148 valence electrons. The molecule has 1 saturated heterocycles. The number of nitrogens with zero attached hydrogens (tertiary/aromatic N) is 3. The van der Waals surface area contributed by atoms with Crippen molar-refractivity contribution in [3.63, 3.8) is 0 Å². The predicted octanol–water partition coefficient (Wildman–Crippen LogP) is 1.62. The van der Waals surface area contributed by atoms with Crippen molar-refractivity contribution < 1.29 is 18.8 Å². The number of carbonyl (C=O) groups is 3. The molecule has 4 amide bonds. The second-order valence-corrected chi connectivity index (χ2v) is 7.29. The van der Waals surface area contributed by atoms with Crippen LogP contribution < -0.4 is 10.6 Å². The van der Waals surface area contributed by atoms with E-state index < -0.39 is 6.03 Å². The summed E-state index contributed by atoms with van der Waals surface area (Å²) in [7, 11) is 0. The Morgan fingerprint density at radius 1 is 1.32 bits per heavy atom. The molecule has 0 aliphatic carbocycles. The van der Waals surface area contributed by atoms with Gasteiger partial charge >= 0.3 is 6.03 Å². The van der Waals surface area contributed by atoms with E-state index in [0.29, 0.717) is 37.0 Å². The maximum absolute atomic E-state index is 12.0. The molecule has 2 N–H and O–H groups in total. The molecule has 2 aromatic rings. The molecule has 9 nitrogen and oxygen atoms in total. The number of amides is 4. The second-order valence-electron chi connectivity index (χ2n) is 5.96. The first-order chi connectivity index (χ1) is 13.5. The molecule has 0 saturated carbocycles. The lowest BCUT2D eigenvalue weighted by Gasteiger charge is -2.25. The first-order valence-corrected chi connectivity index (χ1v) is 9.91. The highest BCUT2D eigenvalue weighted by Gasteiger charge is 2.23. The average molecular weight is 424 g/mol. The largest absolute Gasteiger partial charge is 0.416 e. The number of rotatable bonds is 8. The van der Waals surface area contributed by atoms with Crippen molar-refractivity contribution in [2.75, 3.05) is 18.8 Å². The molecule has 0 bridgehead atoms. The Labute approximate surface area is 170 Å². The Balaban J connectivity index is 1.39. The van der Waals surface area contributed by atoms with Crippen LogP contribution in [0.5, 0.6) is 0 Å². The normalized spacial score (nSPS) is 14.1. The van der Waals surface area contributed by atoms with Crippen molar-refractivity contribution in [1.82, 2.24) is 25.7 Å². The van der Waals surface area contributed by atoms with E-state index in [0.717, 1.165) is 17.3 Å². The SMILES string of the molecule is O=C(CSc1nnc(CCN2CCC(=O)NC2=O)o1)NCc1ccccc1Cl. The molecule has 1 aliphatic rings. The van der Waals surface area contributed by atoms with Gasteiger partial charge in [-0.15, -0.1) is 10.2 Å². The highest BCUT2D eigenvalue weighted by molar-refractivity contribution is 7.99. The average Bonchev–Trinajstić information content (AvgIpc) is 3.13. The van der Waals surface area contributed by atoms with Crippen molar-refractivity contribution >= 4 is 41.2 Å². The number of hydrogen-bond acceptors (Lipinski definition) is 7. The van der Waals surface area contributed by atoms with Crippen molar-refractivity contribution in [1.29, 1.82) is 0 Å². The van der Waals surface area contributed by atoms with Crippen molar-refractivity contribution in [2.24, 2.45) is 0 Å². The van der Waals surface area contributed by atoms with Gasteiger partial charge in [-0.2, -0.15) is 0 Å². The minimum atomic E-state index is -0.416. The third-order valence-electron chi connectivity index (χ3n) is 3.95. The molecule has 3 rings (SSSR count). The summed E-state index contributed by atoms with van der Waals surface area (Å²) in [6.07, 6.45) is 0.647. The van der Waals surface area contributed by atoms with Crippen LogP contribution in [0.4, 0.5) is 4.79 Å².